The van der Waals surface area contributed by atoms with E-state index in [4.69, 9.17) is 0 Å². The summed E-state index contributed by atoms with van der Waals surface area (Å²) in [5, 5.41) is 1.82. The zero-order chi connectivity index (χ0) is 13.9. The van der Waals surface area contributed by atoms with Crippen LogP contribution in [0, 0.1) is 6.92 Å². The maximum Gasteiger partial charge on any atom is 0.256 e. The maximum absolute atomic E-state index is 12.4. The van der Waals surface area contributed by atoms with E-state index >= 15 is 0 Å². The van der Waals surface area contributed by atoms with Crippen LogP contribution in [0.5, 0.6) is 0 Å². The van der Waals surface area contributed by atoms with Crippen LogP contribution in [-0.2, 0) is 0 Å². The molecule has 0 radical (unpaired) electrons. The van der Waals surface area contributed by atoms with Crippen LogP contribution in [0.15, 0.2) is 23.8 Å². The van der Waals surface area contributed by atoms with Gasteiger partial charge in [-0.1, -0.05) is 0 Å². The van der Waals surface area contributed by atoms with Crippen LogP contribution in [0.1, 0.15) is 16.1 Å². The van der Waals surface area contributed by atoms with Crippen molar-refractivity contribution in [1.29, 1.82) is 0 Å². The molecule has 7 heteroatoms. The zero-order valence-corrected chi connectivity index (χ0v) is 12.0. The fourth-order valence-electron chi connectivity index (χ4n) is 2.23. The highest BCUT2D eigenvalue weighted by Crippen LogP contribution is 2.15. The Kier molecular flexibility index (Phi) is 3.60. The molecule has 1 fully saturated rings. The predicted octanol–water partition coefficient (Wildman–Crippen LogP) is 1.20. The Labute approximate surface area is 121 Å². The molecule has 0 bridgehead atoms. The second-order valence-electron chi connectivity index (χ2n) is 4.64. The third-order valence-corrected chi connectivity index (χ3v) is 4.10. The van der Waals surface area contributed by atoms with Gasteiger partial charge < -0.3 is 9.80 Å². The lowest BCUT2D eigenvalue weighted by Gasteiger charge is -2.34. The molecule has 6 nitrogen and oxygen atoms in total. The molecule has 0 N–H and O–H groups in total. The van der Waals surface area contributed by atoms with E-state index in [-0.39, 0.29) is 5.91 Å². The van der Waals surface area contributed by atoms with Crippen molar-refractivity contribution in [3.63, 3.8) is 0 Å². The Balaban J connectivity index is 1.64. The quantitative estimate of drug-likeness (QED) is 0.831. The highest BCUT2D eigenvalue weighted by atomic mass is 32.1. The lowest BCUT2D eigenvalue weighted by Crippen LogP contribution is -2.49. The van der Waals surface area contributed by atoms with E-state index in [1.807, 2.05) is 17.2 Å². The van der Waals surface area contributed by atoms with Crippen molar-refractivity contribution in [2.45, 2.75) is 6.92 Å². The van der Waals surface area contributed by atoms with Gasteiger partial charge in [0.2, 0.25) is 5.95 Å². The molecule has 104 valence electrons. The molecule has 0 aliphatic carbocycles. The minimum atomic E-state index is 0.0740. The number of carbonyl (C=O) groups excluding carboxylic acids is 1. The van der Waals surface area contributed by atoms with Crippen molar-refractivity contribution < 1.29 is 4.79 Å². The Morgan fingerprint density at radius 1 is 1.20 bits per heavy atom. The molecule has 1 aliphatic rings. The monoisotopic (exact) mass is 289 g/mol. The molecule has 0 aromatic carbocycles. The van der Waals surface area contributed by atoms with Gasteiger partial charge in [-0.25, -0.2) is 9.97 Å². The minimum Gasteiger partial charge on any atom is -0.337 e. The number of aryl methyl sites for hydroxylation is 1. The number of carbonyl (C=O) groups is 1. The smallest absolute Gasteiger partial charge is 0.256 e. The van der Waals surface area contributed by atoms with Crippen molar-refractivity contribution >= 4 is 23.4 Å². The minimum absolute atomic E-state index is 0.0740. The van der Waals surface area contributed by atoms with Crippen LogP contribution in [0.2, 0.25) is 0 Å². The number of anilines is 1. The lowest BCUT2D eigenvalue weighted by molar-refractivity contribution is 0.0746. The Morgan fingerprint density at radius 2 is 1.90 bits per heavy atom. The molecule has 1 amide bonds. The fraction of sp³-hybridized carbons (Fsp3) is 0.385. The van der Waals surface area contributed by atoms with E-state index in [2.05, 4.69) is 19.2 Å². The van der Waals surface area contributed by atoms with Crippen molar-refractivity contribution in [1.82, 2.24) is 19.2 Å². The number of hydrogen-bond acceptors (Lipinski definition) is 6. The molecule has 3 rings (SSSR count). The molecule has 1 saturated heterocycles. The van der Waals surface area contributed by atoms with Gasteiger partial charge in [0, 0.05) is 44.0 Å². The van der Waals surface area contributed by atoms with Gasteiger partial charge in [0.25, 0.3) is 5.91 Å². The van der Waals surface area contributed by atoms with E-state index in [0.29, 0.717) is 13.1 Å². The molecule has 20 heavy (non-hydrogen) atoms. The van der Waals surface area contributed by atoms with E-state index in [1.165, 1.54) is 11.5 Å². The average molecular weight is 289 g/mol. The fourth-order valence-corrected chi connectivity index (χ4v) is 2.92. The standard InChI is InChI=1S/C13H15N5OS/c1-10-11(9-20-16-10)12(19)17-5-7-18(8-6-17)13-14-3-2-4-15-13/h2-4,9H,5-8H2,1H3. The second-order valence-corrected chi connectivity index (χ2v) is 5.27. The molecule has 2 aromatic rings. The van der Waals surface area contributed by atoms with Crippen LogP contribution in [-0.4, -0.2) is 51.3 Å². The number of amides is 1. The highest BCUT2D eigenvalue weighted by Gasteiger charge is 2.24. The highest BCUT2D eigenvalue weighted by molar-refractivity contribution is 7.03. The molecule has 0 spiro atoms. The number of rotatable bonds is 2. The number of piperazine rings is 1. The van der Waals surface area contributed by atoms with Crippen LogP contribution in [0.4, 0.5) is 5.95 Å². The predicted molar refractivity (Wildman–Crippen MR) is 77.0 cm³/mol. The molecule has 2 aromatic heterocycles. The first-order chi connectivity index (χ1) is 9.75. The molecule has 0 unspecified atom stereocenters. The Morgan fingerprint density at radius 3 is 2.50 bits per heavy atom. The molecule has 0 saturated carbocycles. The first-order valence-electron chi connectivity index (χ1n) is 6.48. The SMILES string of the molecule is Cc1nscc1C(=O)N1CCN(c2ncccn2)CC1. The Bertz CT molecular complexity index is 592. The summed E-state index contributed by atoms with van der Waals surface area (Å²) in [6.45, 7) is 4.76. The largest absolute Gasteiger partial charge is 0.337 e. The third-order valence-electron chi connectivity index (χ3n) is 3.38. The summed E-state index contributed by atoms with van der Waals surface area (Å²) >= 11 is 1.33. The van der Waals surface area contributed by atoms with Gasteiger partial charge in [-0.3, -0.25) is 4.79 Å². The molecule has 0 atom stereocenters. The van der Waals surface area contributed by atoms with E-state index in [9.17, 15) is 4.79 Å². The van der Waals surface area contributed by atoms with Crippen molar-refractivity contribution in [2.75, 3.05) is 31.1 Å². The van der Waals surface area contributed by atoms with Gasteiger partial charge in [0.1, 0.15) is 0 Å². The van der Waals surface area contributed by atoms with Crippen LogP contribution in [0.3, 0.4) is 0 Å². The Hall–Kier alpha value is -2.02. The number of aromatic nitrogens is 3. The van der Waals surface area contributed by atoms with Crippen molar-refractivity contribution in [3.8, 4) is 0 Å². The third kappa shape index (κ3) is 2.49. The lowest BCUT2D eigenvalue weighted by atomic mass is 10.2. The second kappa shape index (κ2) is 5.54. The summed E-state index contributed by atoms with van der Waals surface area (Å²) < 4.78 is 4.16. The molecule has 1 aliphatic heterocycles. The van der Waals surface area contributed by atoms with Crippen molar-refractivity contribution in [3.05, 3.63) is 35.1 Å². The zero-order valence-electron chi connectivity index (χ0n) is 11.2. The molecular weight excluding hydrogens is 274 g/mol. The molecular formula is C13H15N5OS. The van der Waals surface area contributed by atoms with Gasteiger partial charge in [-0.15, -0.1) is 0 Å². The summed E-state index contributed by atoms with van der Waals surface area (Å²) in [5.41, 5.74) is 1.54. The van der Waals surface area contributed by atoms with E-state index in [0.717, 1.165) is 30.3 Å². The summed E-state index contributed by atoms with van der Waals surface area (Å²) in [6, 6.07) is 1.80. The van der Waals surface area contributed by atoms with Crippen LogP contribution >= 0.6 is 11.5 Å². The van der Waals surface area contributed by atoms with Gasteiger partial charge >= 0.3 is 0 Å². The van der Waals surface area contributed by atoms with E-state index < -0.39 is 0 Å². The van der Waals surface area contributed by atoms with Crippen molar-refractivity contribution in [2.24, 2.45) is 0 Å². The summed E-state index contributed by atoms with van der Waals surface area (Å²) in [6.07, 6.45) is 3.47. The van der Waals surface area contributed by atoms with Gasteiger partial charge in [-0.2, -0.15) is 4.37 Å². The number of nitrogens with zero attached hydrogens (tertiary/aromatic N) is 5. The first kappa shape index (κ1) is 13.0. The van der Waals surface area contributed by atoms with E-state index in [1.54, 1.807) is 18.5 Å². The summed E-state index contributed by atoms with van der Waals surface area (Å²) in [4.78, 5) is 24.8. The summed E-state index contributed by atoms with van der Waals surface area (Å²) in [7, 11) is 0. The molecule has 3 heterocycles. The maximum atomic E-state index is 12.4. The van der Waals surface area contributed by atoms with Gasteiger partial charge in [0.05, 0.1) is 11.3 Å². The first-order valence-corrected chi connectivity index (χ1v) is 7.31. The normalized spacial score (nSPS) is 15.4. The van der Waals surface area contributed by atoms with Gasteiger partial charge in [0.15, 0.2) is 0 Å². The topological polar surface area (TPSA) is 62.2 Å². The van der Waals surface area contributed by atoms with Crippen LogP contribution in [0.25, 0.3) is 0 Å². The number of hydrogen-bond donors (Lipinski definition) is 0. The average Bonchev–Trinajstić information content (AvgIpc) is 2.94. The van der Waals surface area contributed by atoms with Gasteiger partial charge in [-0.05, 0) is 24.5 Å². The summed E-state index contributed by atoms with van der Waals surface area (Å²) in [5.74, 6) is 0.804. The van der Waals surface area contributed by atoms with Crippen LogP contribution < -0.4 is 4.90 Å².